The molecular formula is C8H13ClN4O2. The molecule has 1 aliphatic rings. The van der Waals surface area contributed by atoms with Crippen molar-refractivity contribution in [2.45, 2.75) is 18.8 Å². The molecule has 1 aromatic rings. The zero-order valence-corrected chi connectivity index (χ0v) is 8.92. The van der Waals surface area contributed by atoms with Crippen molar-refractivity contribution in [2.75, 3.05) is 13.1 Å². The van der Waals surface area contributed by atoms with Crippen molar-refractivity contribution in [1.82, 2.24) is 15.5 Å². The molecule has 1 aliphatic heterocycles. The normalized spacial score (nSPS) is 19.8. The SMILES string of the molecule is Cl.NCCc1noc(C2CNC(=O)C2)n1. The fraction of sp³-hybridized carbons (Fsp3) is 0.625. The zero-order valence-electron chi connectivity index (χ0n) is 8.10. The molecule has 0 radical (unpaired) electrons. The summed E-state index contributed by atoms with van der Waals surface area (Å²) in [6, 6.07) is 0. The van der Waals surface area contributed by atoms with Gasteiger partial charge in [-0.05, 0) is 6.54 Å². The number of amides is 1. The summed E-state index contributed by atoms with van der Waals surface area (Å²) in [6.07, 6.45) is 1.04. The lowest BCUT2D eigenvalue weighted by molar-refractivity contribution is -0.119. The van der Waals surface area contributed by atoms with E-state index in [-0.39, 0.29) is 24.2 Å². The minimum Gasteiger partial charge on any atom is -0.355 e. The molecule has 7 heteroatoms. The van der Waals surface area contributed by atoms with Gasteiger partial charge in [-0.3, -0.25) is 4.79 Å². The third kappa shape index (κ3) is 2.66. The van der Waals surface area contributed by atoms with Crippen molar-refractivity contribution in [3.05, 3.63) is 11.7 Å². The lowest BCUT2D eigenvalue weighted by Crippen LogP contribution is -2.13. The van der Waals surface area contributed by atoms with Crippen molar-refractivity contribution in [3.8, 4) is 0 Å². The monoisotopic (exact) mass is 232 g/mol. The maximum Gasteiger partial charge on any atom is 0.232 e. The number of hydrogen-bond acceptors (Lipinski definition) is 5. The topological polar surface area (TPSA) is 94.0 Å². The van der Waals surface area contributed by atoms with Crippen LogP contribution in [0.3, 0.4) is 0 Å². The van der Waals surface area contributed by atoms with Gasteiger partial charge in [-0.2, -0.15) is 4.98 Å². The predicted octanol–water partition coefficient (Wildman–Crippen LogP) is -0.404. The highest BCUT2D eigenvalue weighted by molar-refractivity contribution is 5.85. The molecule has 0 aliphatic carbocycles. The number of rotatable bonds is 3. The number of aromatic nitrogens is 2. The van der Waals surface area contributed by atoms with Gasteiger partial charge in [0.2, 0.25) is 11.8 Å². The number of nitrogens with one attached hydrogen (secondary N) is 1. The Morgan fingerprint density at radius 1 is 1.60 bits per heavy atom. The van der Waals surface area contributed by atoms with Gasteiger partial charge < -0.3 is 15.6 Å². The van der Waals surface area contributed by atoms with Crippen LogP contribution in [0.4, 0.5) is 0 Å². The van der Waals surface area contributed by atoms with Crippen molar-refractivity contribution in [2.24, 2.45) is 5.73 Å². The average molecular weight is 233 g/mol. The molecule has 1 unspecified atom stereocenters. The first kappa shape index (κ1) is 11.9. The molecule has 2 heterocycles. The lowest BCUT2D eigenvalue weighted by atomic mass is 10.1. The first-order valence-electron chi connectivity index (χ1n) is 4.59. The molecule has 0 spiro atoms. The second-order valence-electron chi connectivity index (χ2n) is 3.29. The Kier molecular flexibility index (Phi) is 4.05. The van der Waals surface area contributed by atoms with Crippen LogP contribution in [0.25, 0.3) is 0 Å². The van der Waals surface area contributed by atoms with Gasteiger partial charge in [-0.25, -0.2) is 0 Å². The Morgan fingerprint density at radius 3 is 3.00 bits per heavy atom. The maximum atomic E-state index is 10.9. The maximum absolute atomic E-state index is 10.9. The molecule has 0 bridgehead atoms. The fourth-order valence-electron chi connectivity index (χ4n) is 1.44. The second-order valence-corrected chi connectivity index (χ2v) is 3.29. The molecule has 0 saturated carbocycles. The Bertz CT molecular complexity index is 341. The molecule has 0 aromatic carbocycles. The van der Waals surface area contributed by atoms with Crippen LogP contribution < -0.4 is 11.1 Å². The smallest absolute Gasteiger partial charge is 0.232 e. The predicted molar refractivity (Wildman–Crippen MR) is 54.7 cm³/mol. The van der Waals surface area contributed by atoms with Crippen LogP contribution in [-0.4, -0.2) is 29.1 Å². The summed E-state index contributed by atoms with van der Waals surface area (Å²) < 4.78 is 5.04. The van der Waals surface area contributed by atoms with Crippen molar-refractivity contribution in [3.63, 3.8) is 0 Å². The Morgan fingerprint density at radius 2 is 2.40 bits per heavy atom. The van der Waals surface area contributed by atoms with Crippen LogP contribution in [0.2, 0.25) is 0 Å². The Balaban J connectivity index is 0.00000112. The molecule has 3 N–H and O–H groups in total. The molecule has 1 saturated heterocycles. The van der Waals surface area contributed by atoms with E-state index in [0.717, 1.165) is 0 Å². The summed E-state index contributed by atoms with van der Waals surface area (Å²) in [6.45, 7) is 1.09. The number of nitrogens with zero attached hydrogens (tertiary/aromatic N) is 2. The standard InChI is InChI=1S/C8H12N4O2.ClH/c9-2-1-6-11-8(14-12-6)5-3-7(13)10-4-5;/h5H,1-4,9H2,(H,10,13);1H. The summed E-state index contributed by atoms with van der Waals surface area (Å²) in [7, 11) is 0. The van der Waals surface area contributed by atoms with E-state index in [9.17, 15) is 4.79 Å². The lowest BCUT2D eigenvalue weighted by Gasteiger charge is -1.96. The van der Waals surface area contributed by atoms with Crippen LogP contribution in [0.5, 0.6) is 0 Å². The van der Waals surface area contributed by atoms with E-state index in [0.29, 0.717) is 37.6 Å². The van der Waals surface area contributed by atoms with E-state index >= 15 is 0 Å². The van der Waals surface area contributed by atoms with Gasteiger partial charge in [0.05, 0.1) is 5.92 Å². The van der Waals surface area contributed by atoms with Gasteiger partial charge >= 0.3 is 0 Å². The highest BCUT2D eigenvalue weighted by Gasteiger charge is 2.27. The molecule has 2 rings (SSSR count). The quantitative estimate of drug-likeness (QED) is 0.739. The van der Waals surface area contributed by atoms with E-state index in [1.165, 1.54) is 0 Å². The minimum atomic E-state index is 0. The fourth-order valence-corrected chi connectivity index (χ4v) is 1.44. The highest BCUT2D eigenvalue weighted by atomic mass is 35.5. The van der Waals surface area contributed by atoms with E-state index < -0.39 is 0 Å². The van der Waals surface area contributed by atoms with E-state index in [2.05, 4.69) is 15.5 Å². The zero-order chi connectivity index (χ0) is 9.97. The van der Waals surface area contributed by atoms with Crippen LogP contribution >= 0.6 is 12.4 Å². The summed E-state index contributed by atoms with van der Waals surface area (Å²) >= 11 is 0. The van der Waals surface area contributed by atoms with Gasteiger partial charge in [0, 0.05) is 19.4 Å². The van der Waals surface area contributed by atoms with E-state index in [1.807, 2.05) is 0 Å². The first-order chi connectivity index (χ1) is 6.79. The molecule has 84 valence electrons. The molecule has 1 amide bonds. The molecule has 15 heavy (non-hydrogen) atoms. The molecule has 1 aromatic heterocycles. The van der Waals surface area contributed by atoms with Gasteiger partial charge in [0.1, 0.15) is 0 Å². The number of hydrogen-bond donors (Lipinski definition) is 2. The number of halogens is 1. The number of carbonyl (C=O) groups excluding carboxylic acids is 1. The van der Waals surface area contributed by atoms with Crippen LogP contribution in [0.15, 0.2) is 4.52 Å². The number of nitrogens with two attached hydrogens (primary N) is 1. The van der Waals surface area contributed by atoms with E-state index in [4.69, 9.17) is 10.3 Å². The third-order valence-corrected chi connectivity index (χ3v) is 2.18. The van der Waals surface area contributed by atoms with Crippen LogP contribution in [0, 0.1) is 0 Å². The highest BCUT2D eigenvalue weighted by Crippen LogP contribution is 2.20. The first-order valence-corrected chi connectivity index (χ1v) is 4.59. The Hall–Kier alpha value is -1.14. The van der Waals surface area contributed by atoms with E-state index in [1.54, 1.807) is 0 Å². The molecule has 1 atom stereocenters. The summed E-state index contributed by atoms with van der Waals surface area (Å²) in [5.74, 6) is 1.21. The minimum absolute atomic E-state index is 0. The van der Waals surface area contributed by atoms with Crippen molar-refractivity contribution < 1.29 is 9.32 Å². The van der Waals surface area contributed by atoms with Gasteiger partial charge in [-0.1, -0.05) is 5.16 Å². The third-order valence-electron chi connectivity index (χ3n) is 2.18. The number of carbonyl (C=O) groups is 1. The summed E-state index contributed by atoms with van der Waals surface area (Å²) in [5, 5.41) is 6.49. The van der Waals surface area contributed by atoms with Crippen LogP contribution in [-0.2, 0) is 11.2 Å². The van der Waals surface area contributed by atoms with Crippen molar-refractivity contribution in [1.29, 1.82) is 0 Å². The Labute approximate surface area is 93.0 Å². The summed E-state index contributed by atoms with van der Waals surface area (Å²) in [5.41, 5.74) is 5.36. The molecular weight excluding hydrogens is 220 g/mol. The van der Waals surface area contributed by atoms with Gasteiger partial charge in [0.25, 0.3) is 0 Å². The largest absolute Gasteiger partial charge is 0.355 e. The second kappa shape index (κ2) is 5.09. The molecule has 1 fully saturated rings. The average Bonchev–Trinajstić information content (AvgIpc) is 2.74. The summed E-state index contributed by atoms with van der Waals surface area (Å²) in [4.78, 5) is 15.1. The molecule has 6 nitrogen and oxygen atoms in total. The van der Waals surface area contributed by atoms with Gasteiger partial charge in [-0.15, -0.1) is 12.4 Å². The van der Waals surface area contributed by atoms with Crippen LogP contribution in [0.1, 0.15) is 24.1 Å². The van der Waals surface area contributed by atoms with Crippen molar-refractivity contribution >= 4 is 18.3 Å². The van der Waals surface area contributed by atoms with Gasteiger partial charge in [0.15, 0.2) is 5.82 Å².